The maximum Gasteiger partial charge on any atom is 0.225 e. The fraction of sp³-hybridized carbons (Fsp3) is 0.370. The Labute approximate surface area is 229 Å². The molecule has 0 radical (unpaired) electrons. The Balaban J connectivity index is 1.15. The van der Waals surface area contributed by atoms with Crippen LogP contribution >= 0.6 is 0 Å². The van der Waals surface area contributed by atoms with Crippen LogP contribution in [0.4, 0.5) is 10.3 Å². The van der Waals surface area contributed by atoms with Crippen molar-refractivity contribution in [1.29, 1.82) is 5.26 Å². The van der Waals surface area contributed by atoms with E-state index in [2.05, 4.69) is 46.1 Å². The molecule has 1 fully saturated rings. The minimum absolute atomic E-state index is 0.0582. The third kappa shape index (κ3) is 5.37. The molecule has 40 heavy (non-hydrogen) atoms. The molecule has 3 aromatic heterocycles. The minimum atomic E-state index is -0.582. The van der Waals surface area contributed by atoms with Gasteiger partial charge in [0.1, 0.15) is 11.9 Å². The number of β-amino-alcohol motifs (C(OH)–C–C–N with tert-alkyl or cyclic N) is 1. The largest absolute Gasteiger partial charge is 0.395 e. The van der Waals surface area contributed by atoms with Crippen LogP contribution in [-0.4, -0.2) is 97.0 Å². The lowest BCUT2D eigenvalue weighted by molar-refractivity contribution is 0.0273. The van der Waals surface area contributed by atoms with Gasteiger partial charge in [0, 0.05) is 56.2 Å². The fourth-order valence-corrected chi connectivity index (χ4v) is 4.96. The quantitative estimate of drug-likeness (QED) is 0.364. The van der Waals surface area contributed by atoms with Crippen LogP contribution in [0.15, 0.2) is 42.9 Å². The van der Waals surface area contributed by atoms with Gasteiger partial charge in [0.25, 0.3) is 0 Å². The van der Waals surface area contributed by atoms with E-state index in [0.717, 1.165) is 25.1 Å². The second-order valence-corrected chi connectivity index (χ2v) is 9.69. The molecular formula is C27H27FN10O2. The van der Waals surface area contributed by atoms with E-state index < -0.39 is 5.82 Å². The van der Waals surface area contributed by atoms with Gasteiger partial charge < -0.3 is 14.7 Å². The lowest BCUT2D eigenvalue weighted by atomic mass is 10.0. The number of nitriles is 1. The number of ether oxygens (including phenoxy) is 1. The van der Waals surface area contributed by atoms with Gasteiger partial charge in [-0.3, -0.25) is 4.90 Å². The van der Waals surface area contributed by atoms with Crippen molar-refractivity contribution in [1.82, 2.24) is 39.8 Å². The highest BCUT2D eigenvalue weighted by molar-refractivity contribution is 5.70. The number of hydrogen-bond acceptors (Lipinski definition) is 11. The Morgan fingerprint density at radius 1 is 1.12 bits per heavy atom. The van der Waals surface area contributed by atoms with E-state index >= 15 is 0 Å². The lowest BCUT2D eigenvalue weighted by Gasteiger charge is -2.32. The molecule has 6 rings (SSSR count). The Morgan fingerprint density at radius 2 is 2.00 bits per heavy atom. The number of hydrogen-bond donors (Lipinski definition) is 1. The molecule has 0 aliphatic carbocycles. The van der Waals surface area contributed by atoms with Gasteiger partial charge in [-0.25, -0.2) is 29.0 Å². The SMILES string of the molecule is N#Cc1cc(-c2cnc3nnn(CC4CN(c5ncc(C6=CCN(CCO)CC6)cn5)CCO4)c3n2)ccc1F. The maximum absolute atomic E-state index is 13.8. The van der Waals surface area contributed by atoms with Gasteiger partial charge in [0.15, 0.2) is 5.65 Å². The highest BCUT2D eigenvalue weighted by Gasteiger charge is 2.25. The van der Waals surface area contributed by atoms with Gasteiger partial charge in [-0.05, 0) is 30.2 Å². The summed E-state index contributed by atoms with van der Waals surface area (Å²) in [6, 6.07) is 6.10. The summed E-state index contributed by atoms with van der Waals surface area (Å²) in [7, 11) is 0. The summed E-state index contributed by atoms with van der Waals surface area (Å²) >= 11 is 0. The van der Waals surface area contributed by atoms with Crippen LogP contribution in [0.5, 0.6) is 0 Å². The van der Waals surface area contributed by atoms with Crippen molar-refractivity contribution in [3.05, 3.63) is 59.8 Å². The standard InChI is InChI=1S/C27H27FN10O2/c28-23-2-1-19(11-20(23)12-29)24-15-30-25-26(33-24)38(35-34-25)17-22-16-37(8-10-40-22)27-31-13-21(14-32-27)18-3-5-36(6-4-18)7-9-39/h1-3,11,13-15,22,39H,4-10,16-17H2. The normalized spacial score (nSPS) is 18.1. The number of rotatable bonds is 7. The van der Waals surface area contributed by atoms with Crippen LogP contribution in [0.3, 0.4) is 0 Å². The van der Waals surface area contributed by atoms with E-state index in [4.69, 9.17) is 15.1 Å². The summed E-state index contributed by atoms with van der Waals surface area (Å²) < 4.78 is 21.5. The third-order valence-electron chi connectivity index (χ3n) is 7.13. The molecule has 1 N–H and O–H groups in total. The van der Waals surface area contributed by atoms with Gasteiger partial charge in [0.05, 0.1) is 43.3 Å². The number of benzene rings is 1. The second-order valence-electron chi connectivity index (χ2n) is 9.69. The van der Waals surface area contributed by atoms with Crippen LogP contribution < -0.4 is 4.90 Å². The molecule has 4 aromatic rings. The molecule has 12 nitrogen and oxygen atoms in total. The maximum atomic E-state index is 13.8. The second kappa shape index (κ2) is 11.4. The summed E-state index contributed by atoms with van der Waals surface area (Å²) in [5, 5.41) is 26.7. The number of nitrogens with zero attached hydrogens (tertiary/aromatic N) is 10. The molecule has 13 heteroatoms. The van der Waals surface area contributed by atoms with E-state index in [9.17, 15) is 4.39 Å². The Bertz CT molecular complexity index is 1580. The molecule has 1 unspecified atom stereocenters. The monoisotopic (exact) mass is 542 g/mol. The predicted octanol–water partition coefficient (Wildman–Crippen LogP) is 1.68. The fourth-order valence-electron chi connectivity index (χ4n) is 4.96. The van der Waals surface area contributed by atoms with Crippen molar-refractivity contribution in [2.75, 3.05) is 50.8 Å². The highest BCUT2D eigenvalue weighted by atomic mass is 19.1. The predicted molar refractivity (Wildman–Crippen MR) is 143 cm³/mol. The number of aliphatic hydroxyl groups is 1. The smallest absolute Gasteiger partial charge is 0.225 e. The van der Waals surface area contributed by atoms with E-state index in [1.54, 1.807) is 10.7 Å². The number of morpholine rings is 1. The first kappa shape index (κ1) is 25.9. The molecule has 0 spiro atoms. The van der Waals surface area contributed by atoms with Crippen LogP contribution in [0.2, 0.25) is 0 Å². The van der Waals surface area contributed by atoms with E-state index in [-0.39, 0.29) is 18.3 Å². The molecule has 0 saturated carbocycles. The topological polar surface area (TPSA) is 142 Å². The third-order valence-corrected chi connectivity index (χ3v) is 7.13. The molecule has 1 aromatic carbocycles. The van der Waals surface area contributed by atoms with Crippen molar-refractivity contribution in [2.24, 2.45) is 0 Å². The van der Waals surface area contributed by atoms with Crippen LogP contribution in [-0.2, 0) is 11.3 Å². The van der Waals surface area contributed by atoms with Gasteiger partial charge in [-0.2, -0.15) is 5.26 Å². The molecule has 2 aliphatic rings. The first-order valence-electron chi connectivity index (χ1n) is 13.1. The summed E-state index contributed by atoms with van der Waals surface area (Å²) in [5.41, 5.74) is 4.10. The number of halogens is 1. The number of fused-ring (bicyclic) bond motifs is 1. The molecule has 0 amide bonds. The van der Waals surface area contributed by atoms with Crippen molar-refractivity contribution >= 4 is 22.8 Å². The first-order valence-corrected chi connectivity index (χ1v) is 13.1. The first-order chi connectivity index (χ1) is 19.6. The van der Waals surface area contributed by atoms with Crippen molar-refractivity contribution in [3.8, 4) is 17.3 Å². The molecular weight excluding hydrogens is 515 g/mol. The van der Waals surface area contributed by atoms with Crippen LogP contribution in [0.25, 0.3) is 28.1 Å². The number of anilines is 1. The molecule has 1 atom stereocenters. The van der Waals surface area contributed by atoms with E-state index in [1.807, 2.05) is 18.5 Å². The van der Waals surface area contributed by atoms with Gasteiger partial charge in [-0.15, -0.1) is 5.10 Å². The van der Waals surface area contributed by atoms with Gasteiger partial charge in [0.2, 0.25) is 11.6 Å². The average molecular weight is 543 g/mol. The summed E-state index contributed by atoms with van der Waals surface area (Å²) in [6.07, 6.45) is 8.15. The average Bonchev–Trinajstić information content (AvgIpc) is 3.40. The zero-order chi connectivity index (χ0) is 27.5. The summed E-state index contributed by atoms with van der Waals surface area (Å²) in [6.45, 7) is 4.73. The molecule has 1 saturated heterocycles. The van der Waals surface area contributed by atoms with Crippen LogP contribution in [0.1, 0.15) is 17.5 Å². The van der Waals surface area contributed by atoms with Crippen LogP contribution in [0, 0.1) is 17.1 Å². The molecule has 204 valence electrons. The summed E-state index contributed by atoms with van der Waals surface area (Å²) in [4.78, 5) is 22.6. The highest BCUT2D eigenvalue weighted by Crippen LogP contribution is 2.24. The van der Waals surface area contributed by atoms with Gasteiger partial charge >= 0.3 is 0 Å². The van der Waals surface area contributed by atoms with E-state index in [0.29, 0.717) is 61.3 Å². The van der Waals surface area contributed by atoms with Crippen molar-refractivity contribution < 1.29 is 14.2 Å². The molecule has 0 bridgehead atoms. The Kier molecular flexibility index (Phi) is 7.37. The Hall–Kier alpha value is -4.38. The number of aliphatic hydroxyl groups excluding tert-OH is 1. The molecule has 2 aliphatic heterocycles. The number of aromatic nitrogens is 7. The van der Waals surface area contributed by atoms with Gasteiger partial charge in [-0.1, -0.05) is 11.3 Å². The zero-order valence-electron chi connectivity index (χ0n) is 21.7. The minimum Gasteiger partial charge on any atom is -0.395 e. The molecule has 5 heterocycles. The zero-order valence-corrected chi connectivity index (χ0v) is 21.7. The van der Waals surface area contributed by atoms with Crippen molar-refractivity contribution in [3.63, 3.8) is 0 Å². The van der Waals surface area contributed by atoms with E-state index in [1.165, 1.54) is 23.9 Å². The summed E-state index contributed by atoms with van der Waals surface area (Å²) in [5.74, 6) is 0.0618. The lowest BCUT2D eigenvalue weighted by Crippen LogP contribution is -2.45. The van der Waals surface area contributed by atoms with Crippen molar-refractivity contribution in [2.45, 2.75) is 19.1 Å². The Morgan fingerprint density at radius 3 is 2.77 bits per heavy atom.